The lowest BCUT2D eigenvalue weighted by Crippen LogP contribution is -2.39. The quantitative estimate of drug-likeness (QED) is 0.641. The minimum atomic E-state index is 0. The van der Waals surface area contributed by atoms with Crippen molar-refractivity contribution in [2.24, 2.45) is 5.92 Å². The molecule has 4 nitrogen and oxygen atoms in total. The highest BCUT2D eigenvalue weighted by atomic mass is 35.5. The Labute approximate surface area is 130 Å². The molecule has 0 radical (unpaired) electrons. The fourth-order valence-electron chi connectivity index (χ4n) is 2.71. The Morgan fingerprint density at radius 2 is 1.75 bits per heavy atom. The van der Waals surface area contributed by atoms with E-state index in [9.17, 15) is 4.79 Å². The molecule has 0 unspecified atom stereocenters. The smallest absolute Gasteiger partial charge is 0.223 e. The van der Waals surface area contributed by atoms with E-state index in [2.05, 4.69) is 29.4 Å². The molecule has 0 aromatic carbocycles. The topological polar surface area (TPSA) is 44.4 Å². The van der Waals surface area contributed by atoms with Crippen molar-refractivity contribution >= 4 is 18.3 Å². The average Bonchev–Trinajstić information content (AvgIpc) is 2.44. The van der Waals surface area contributed by atoms with E-state index in [1.165, 1.54) is 25.9 Å². The standard InChI is InChI=1S/C15H31N3O.ClH/c1-3-11-18(12-4-2)13-5-8-17-15(19)14-6-9-16-10-7-14;/h14,16H,3-13H2,1-2H3,(H,17,19);1H. The molecule has 1 amide bonds. The van der Waals surface area contributed by atoms with E-state index in [1.54, 1.807) is 0 Å². The molecule has 1 heterocycles. The molecule has 120 valence electrons. The van der Waals surface area contributed by atoms with Gasteiger partial charge in [-0.25, -0.2) is 0 Å². The molecular formula is C15H32ClN3O. The number of rotatable bonds is 9. The molecule has 1 fully saturated rings. The highest BCUT2D eigenvalue weighted by Crippen LogP contribution is 2.11. The van der Waals surface area contributed by atoms with Gasteiger partial charge in [-0.2, -0.15) is 0 Å². The van der Waals surface area contributed by atoms with Crippen LogP contribution in [0.5, 0.6) is 0 Å². The van der Waals surface area contributed by atoms with Gasteiger partial charge in [-0.3, -0.25) is 4.79 Å². The Morgan fingerprint density at radius 1 is 1.15 bits per heavy atom. The van der Waals surface area contributed by atoms with E-state index in [-0.39, 0.29) is 24.2 Å². The molecule has 0 atom stereocenters. The molecule has 1 aliphatic heterocycles. The number of nitrogens with zero attached hydrogens (tertiary/aromatic N) is 1. The van der Waals surface area contributed by atoms with Crippen molar-refractivity contribution in [3.63, 3.8) is 0 Å². The zero-order valence-corrected chi connectivity index (χ0v) is 13.9. The number of hydrogen-bond donors (Lipinski definition) is 2. The van der Waals surface area contributed by atoms with Crippen molar-refractivity contribution in [2.75, 3.05) is 39.3 Å². The first-order chi connectivity index (χ1) is 9.27. The van der Waals surface area contributed by atoms with Crippen LogP contribution in [0.2, 0.25) is 0 Å². The van der Waals surface area contributed by atoms with Gasteiger partial charge in [0.1, 0.15) is 0 Å². The van der Waals surface area contributed by atoms with E-state index < -0.39 is 0 Å². The fraction of sp³-hybridized carbons (Fsp3) is 0.933. The number of carbonyl (C=O) groups excluding carboxylic acids is 1. The molecule has 5 heteroatoms. The summed E-state index contributed by atoms with van der Waals surface area (Å²) in [5.74, 6) is 0.502. The van der Waals surface area contributed by atoms with Crippen LogP contribution in [0, 0.1) is 5.92 Å². The first-order valence-electron chi connectivity index (χ1n) is 7.98. The number of nitrogens with one attached hydrogen (secondary N) is 2. The van der Waals surface area contributed by atoms with Gasteiger partial charge in [0.2, 0.25) is 5.91 Å². The second-order valence-electron chi connectivity index (χ2n) is 5.51. The van der Waals surface area contributed by atoms with Gasteiger partial charge < -0.3 is 15.5 Å². The van der Waals surface area contributed by atoms with Crippen LogP contribution in [0.3, 0.4) is 0 Å². The number of piperidine rings is 1. The summed E-state index contributed by atoms with van der Waals surface area (Å²) in [6, 6.07) is 0. The van der Waals surface area contributed by atoms with Crippen molar-refractivity contribution in [1.82, 2.24) is 15.5 Å². The van der Waals surface area contributed by atoms with Crippen LogP contribution in [-0.2, 0) is 4.79 Å². The van der Waals surface area contributed by atoms with Crippen molar-refractivity contribution in [3.8, 4) is 0 Å². The van der Waals surface area contributed by atoms with Crippen molar-refractivity contribution in [2.45, 2.75) is 46.0 Å². The van der Waals surface area contributed by atoms with E-state index >= 15 is 0 Å². The summed E-state index contributed by atoms with van der Waals surface area (Å²) in [5, 5.41) is 6.39. The summed E-state index contributed by atoms with van der Waals surface area (Å²) in [6.45, 7) is 10.7. The highest BCUT2D eigenvalue weighted by Gasteiger charge is 2.20. The molecule has 1 rings (SSSR count). The number of amides is 1. The van der Waals surface area contributed by atoms with Crippen LogP contribution in [0.4, 0.5) is 0 Å². The SMILES string of the molecule is CCCN(CCC)CCCNC(=O)C1CCNCC1.Cl. The van der Waals surface area contributed by atoms with Crippen LogP contribution in [-0.4, -0.2) is 50.1 Å². The first-order valence-corrected chi connectivity index (χ1v) is 7.98. The zero-order valence-electron chi connectivity index (χ0n) is 13.1. The second kappa shape index (κ2) is 12.4. The van der Waals surface area contributed by atoms with Crippen LogP contribution >= 0.6 is 12.4 Å². The predicted octanol–water partition coefficient (Wildman–Crippen LogP) is 2.04. The molecule has 0 aromatic heterocycles. The van der Waals surface area contributed by atoms with Crippen LogP contribution in [0.15, 0.2) is 0 Å². The maximum atomic E-state index is 11.9. The molecule has 0 spiro atoms. The molecule has 1 aliphatic rings. The van der Waals surface area contributed by atoms with E-state index in [0.29, 0.717) is 0 Å². The Balaban J connectivity index is 0.00000361. The van der Waals surface area contributed by atoms with Gasteiger partial charge in [-0.1, -0.05) is 13.8 Å². The second-order valence-corrected chi connectivity index (χ2v) is 5.51. The van der Waals surface area contributed by atoms with Crippen LogP contribution < -0.4 is 10.6 Å². The monoisotopic (exact) mass is 305 g/mol. The Morgan fingerprint density at radius 3 is 2.30 bits per heavy atom. The number of hydrogen-bond acceptors (Lipinski definition) is 3. The molecule has 2 N–H and O–H groups in total. The minimum Gasteiger partial charge on any atom is -0.356 e. The normalized spacial score (nSPS) is 15.9. The predicted molar refractivity (Wildman–Crippen MR) is 87.5 cm³/mol. The van der Waals surface area contributed by atoms with Crippen LogP contribution in [0.25, 0.3) is 0 Å². The third-order valence-corrected chi connectivity index (χ3v) is 3.74. The summed E-state index contributed by atoms with van der Waals surface area (Å²) in [6.07, 6.45) is 5.47. The van der Waals surface area contributed by atoms with Gasteiger partial charge in [0, 0.05) is 12.5 Å². The molecule has 0 saturated carbocycles. The Kier molecular flexibility index (Phi) is 12.2. The van der Waals surface area contributed by atoms with Crippen molar-refractivity contribution in [1.29, 1.82) is 0 Å². The van der Waals surface area contributed by atoms with Crippen molar-refractivity contribution < 1.29 is 4.79 Å². The molecular weight excluding hydrogens is 274 g/mol. The molecule has 0 aliphatic carbocycles. The summed E-state index contributed by atoms with van der Waals surface area (Å²) in [4.78, 5) is 14.4. The first kappa shape index (κ1) is 19.7. The minimum absolute atomic E-state index is 0. The average molecular weight is 306 g/mol. The maximum absolute atomic E-state index is 11.9. The molecule has 0 aromatic rings. The zero-order chi connectivity index (χ0) is 13.9. The number of carbonyl (C=O) groups is 1. The Hall–Kier alpha value is -0.320. The van der Waals surface area contributed by atoms with Gasteiger partial charge in [-0.05, 0) is 64.8 Å². The van der Waals surface area contributed by atoms with Gasteiger partial charge in [-0.15, -0.1) is 12.4 Å². The third-order valence-electron chi connectivity index (χ3n) is 3.74. The third kappa shape index (κ3) is 8.08. The molecule has 1 saturated heterocycles. The fourth-order valence-corrected chi connectivity index (χ4v) is 2.71. The van der Waals surface area contributed by atoms with Gasteiger partial charge in [0.15, 0.2) is 0 Å². The summed E-state index contributed by atoms with van der Waals surface area (Å²) in [5.41, 5.74) is 0. The van der Waals surface area contributed by atoms with E-state index in [1.807, 2.05) is 0 Å². The van der Waals surface area contributed by atoms with Crippen molar-refractivity contribution in [3.05, 3.63) is 0 Å². The van der Waals surface area contributed by atoms with E-state index in [0.717, 1.165) is 45.4 Å². The number of halogens is 1. The van der Waals surface area contributed by atoms with Crippen LogP contribution in [0.1, 0.15) is 46.0 Å². The van der Waals surface area contributed by atoms with E-state index in [4.69, 9.17) is 0 Å². The lowest BCUT2D eigenvalue weighted by Gasteiger charge is -2.23. The summed E-state index contributed by atoms with van der Waals surface area (Å²) >= 11 is 0. The lowest BCUT2D eigenvalue weighted by molar-refractivity contribution is -0.125. The summed E-state index contributed by atoms with van der Waals surface area (Å²) in [7, 11) is 0. The van der Waals surface area contributed by atoms with Gasteiger partial charge >= 0.3 is 0 Å². The largest absolute Gasteiger partial charge is 0.356 e. The summed E-state index contributed by atoms with van der Waals surface area (Å²) < 4.78 is 0. The molecule has 20 heavy (non-hydrogen) atoms. The van der Waals surface area contributed by atoms with Gasteiger partial charge in [0.05, 0.1) is 0 Å². The maximum Gasteiger partial charge on any atom is 0.223 e. The highest BCUT2D eigenvalue weighted by molar-refractivity contribution is 5.85. The van der Waals surface area contributed by atoms with Gasteiger partial charge in [0.25, 0.3) is 0 Å². The molecule has 0 bridgehead atoms. The Bertz CT molecular complexity index is 239. The lowest BCUT2D eigenvalue weighted by atomic mass is 9.97.